The standard InChI is InChI=1S/C19H32N2O2/c1-2-15-11-7-8-12-21(15)19(23)17-13-16(17)18(22)20-14-9-5-3-4-6-10-14/h14-17H,2-13H2,1H3,(H,20,22). The van der Waals surface area contributed by atoms with Gasteiger partial charge in [-0.3, -0.25) is 9.59 Å². The van der Waals surface area contributed by atoms with Crippen molar-refractivity contribution in [2.45, 2.75) is 89.6 Å². The maximum Gasteiger partial charge on any atom is 0.226 e. The average Bonchev–Trinajstić information content (AvgIpc) is 3.38. The van der Waals surface area contributed by atoms with Crippen molar-refractivity contribution in [1.82, 2.24) is 10.2 Å². The van der Waals surface area contributed by atoms with E-state index in [0.29, 0.717) is 12.1 Å². The van der Waals surface area contributed by atoms with Crippen LogP contribution in [0.2, 0.25) is 0 Å². The third-order valence-corrected chi connectivity index (χ3v) is 6.03. The summed E-state index contributed by atoms with van der Waals surface area (Å²) in [6, 6.07) is 0.752. The lowest BCUT2D eigenvalue weighted by atomic mass is 9.99. The molecule has 1 heterocycles. The van der Waals surface area contributed by atoms with E-state index < -0.39 is 0 Å². The summed E-state index contributed by atoms with van der Waals surface area (Å²) in [7, 11) is 0. The molecule has 2 saturated carbocycles. The average molecular weight is 320 g/mol. The van der Waals surface area contributed by atoms with E-state index in [1.165, 1.54) is 32.1 Å². The molecule has 1 saturated heterocycles. The Morgan fingerprint density at radius 1 is 0.957 bits per heavy atom. The fourth-order valence-corrected chi connectivity index (χ4v) is 4.42. The molecule has 2 amide bonds. The summed E-state index contributed by atoms with van der Waals surface area (Å²) in [5.74, 6) is 0.302. The van der Waals surface area contributed by atoms with Crippen LogP contribution in [0.3, 0.4) is 0 Å². The van der Waals surface area contributed by atoms with Crippen LogP contribution < -0.4 is 5.32 Å². The number of rotatable bonds is 4. The van der Waals surface area contributed by atoms with Gasteiger partial charge in [0, 0.05) is 18.6 Å². The van der Waals surface area contributed by atoms with Gasteiger partial charge in [-0.25, -0.2) is 0 Å². The molecule has 0 radical (unpaired) electrons. The molecule has 3 aliphatic rings. The van der Waals surface area contributed by atoms with Gasteiger partial charge in [0.2, 0.25) is 11.8 Å². The summed E-state index contributed by atoms with van der Waals surface area (Å²) >= 11 is 0. The first kappa shape index (κ1) is 16.8. The molecule has 3 rings (SSSR count). The molecule has 0 spiro atoms. The van der Waals surface area contributed by atoms with Crippen molar-refractivity contribution < 1.29 is 9.59 Å². The van der Waals surface area contributed by atoms with Crippen molar-refractivity contribution in [1.29, 1.82) is 0 Å². The number of carbonyl (C=O) groups is 2. The lowest BCUT2D eigenvalue weighted by Gasteiger charge is -2.35. The molecule has 0 aromatic heterocycles. The third-order valence-electron chi connectivity index (χ3n) is 6.03. The summed E-state index contributed by atoms with van der Waals surface area (Å²) in [6.45, 7) is 3.06. The van der Waals surface area contributed by atoms with Crippen molar-refractivity contribution in [2.75, 3.05) is 6.54 Å². The first-order valence-electron chi connectivity index (χ1n) is 9.81. The van der Waals surface area contributed by atoms with Gasteiger partial charge in [-0.15, -0.1) is 0 Å². The summed E-state index contributed by atoms with van der Waals surface area (Å²) in [5, 5.41) is 3.22. The van der Waals surface area contributed by atoms with E-state index in [1.807, 2.05) is 0 Å². The van der Waals surface area contributed by atoms with E-state index in [4.69, 9.17) is 0 Å². The molecular weight excluding hydrogens is 288 g/mol. The van der Waals surface area contributed by atoms with Crippen molar-refractivity contribution in [3.63, 3.8) is 0 Å². The predicted octanol–water partition coefficient (Wildman–Crippen LogP) is 3.25. The van der Waals surface area contributed by atoms with Crippen LogP contribution >= 0.6 is 0 Å². The van der Waals surface area contributed by atoms with Gasteiger partial charge in [-0.2, -0.15) is 0 Å². The second kappa shape index (κ2) is 7.67. The van der Waals surface area contributed by atoms with Crippen LogP contribution in [0, 0.1) is 11.8 Å². The third kappa shape index (κ3) is 4.07. The molecule has 23 heavy (non-hydrogen) atoms. The van der Waals surface area contributed by atoms with Gasteiger partial charge >= 0.3 is 0 Å². The van der Waals surface area contributed by atoms with E-state index in [-0.39, 0.29) is 23.7 Å². The molecular formula is C19H32N2O2. The van der Waals surface area contributed by atoms with E-state index >= 15 is 0 Å². The number of piperidine rings is 1. The Labute approximate surface area is 140 Å². The Hall–Kier alpha value is -1.06. The molecule has 1 N–H and O–H groups in total. The number of nitrogens with zero attached hydrogens (tertiary/aromatic N) is 1. The summed E-state index contributed by atoms with van der Waals surface area (Å²) in [4.78, 5) is 27.3. The fourth-order valence-electron chi connectivity index (χ4n) is 4.42. The van der Waals surface area contributed by atoms with E-state index in [0.717, 1.165) is 45.1 Å². The summed E-state index contributed by atoms with van der Waals surface area (Å²) < 4.78 is 0. The Kier molecular flexibility index (Phi) is 5.60. The van der Waals surface area contributed by atoms with Crippen molar-refractivity contribution in [3.05, 3.63) is 0 Å². The normalized spacial score (nSPS) is 32.2. The minimum Gasteiger partial charge on any atom is -0.353 e. The number of hydrogen-bond acceptors (Lipinski definition) is 2. The van der Waals surface area contributed by atoms with Gasteiger partial charge in [-0.05, 0) is 44.9 Å². The molecule has 4 nitrogen and oxygen atoms in total. The minimum atomic E-state index is -0.0508. The van der Waals surface area contributed by atoms with Gasteiger partial charge in [0.1, 0.15) is 0 Å². The number of amides is 2. The minimum absolute atomic E-state index is 0.0343. The zero-order valence-electron chi connectivity index (χ0n) is 14.6. The Morgan fingerprint density at radius 2 is 1.65 bits per heavy atom. The van der Waals surface area contributed by atoms with Crippen LogP contribution in [0.15, 0.2) is 0 Å². The van der Waals surface area contributed by atoms with E-state index in [2.05, 4.69) is 17.1 Å². The molecule has 0 aromatic carbocycles. The lowest BCUT2D eigenvalue weighted by Crippen LogP contribution is -2.45. The monoisotopic (exact) mass is 320 g/mol. The first-order valence-corrected chi connectivity index (χ1v) is 9.81. The van der Waals surface area contributed by atoms with E-state index in [1.54, 1.807) is 0 Å². The molecule has 130 valence electrons. The van der Waals surface area contributed by atoms with Crippen molar-refractivity contribution >= 4 is 11.8 Å². The fraction of sp³-hybridized carbons (Fsp3) is 0.895. The highest BCUT2D eigenvalue weighted by Gasteiger charge is 2.50. The molecule has 4 heteroatoms. The Balaban J connectivity index is 1.49. The van der Waals surface area contributed by atoms with Crippen LogP contribution in [-0.4, -0.2) is 35.3 Å². The molecule has 3 fully saturated rings. The SMILES string of the molecule is CCC1CCCCN1C(=O)C1CC1C(=O)NC1CCCCCC1. The second-order valence-corrected chi connectivity index (χ2v) is 7.74. The maximum absolute atomic E-state index is 12.7. The van der Waals surface area contributed by atoms with Crippen molar-refractivity contribution in [2.24, 2.45) is 11.8 Å². The molecule has 3 unspecified atom stereocenters. The number of likely N-dealkylation sites (tertiary alicyclic amines) is 1. The topological polar surface area (TPSA) is 49.4 Å². The lowest BCUT2D eigenvalue weighted by molar-refractivity contribution is -0.138. The van der Waals surface area contributed by atoms with Gasteiger partial charge in [0.05, 0.1) is 11.8 Å². The molecule has 0 bridgehead atoms. The van der Waals surface area contributed by atoms with Crippen LogP contribution in [0.5, 0.6) is 0 Å². The maximum atomic E-state index is 12.7. The second-order valence-electron chi connectivity index (χ2n) is 7.74. The summed E-state index contributed by atoms with van der Waals surface area (Å²) in [6.07, 6.45) is 12.6. The molecule has 2 aliphatic carbocycles. The van der Waals surface area contributed by atoms with Crippen LogP contribution in [0.1, 0.15) is 77.6 Å². The number of nitrogens with one attached hydrogen (secondary N) is 1. The summed E-state index contributed by atoms with van der Waals surface area (Å²) in [5.41, 5.74) is 0. The highest BCUT2D eigenvalue weighted by Crippen LogP contribution is 2.41. The van der Waals surface area contributed by atoms with Gasteiger partial charge in [-0.1, -0.05) is 32.6 Å². The van der Waals surface area contributed by atoms with Gasteiger partial charge < -0.3 is 10.2 Å². The highest BCUT2D eigenvalue weighted by atomic mass is 16.2. The molecule has 0 aromatic rings. The smallest absolute Gasteiger partial charge is 0.226 e. The highest BCUT2D eigenvalue weighted by molar-refractivity contribution is 5.92. The zero-order chi connectivity index (χ0) is 16.2. The van der Waals surface area contributed by atoms with Gasteiger partial charge in [0.25, 0.3) is 0 Å². The van der Waals surface area contributed by atoms with E-state index in [9.17, 15) is 9.59 Å². The molecule has 3 atom stereocenters. The number of hydrogen-bond donors (Lipinski definition) is 1. The Bertz CT molecular complexity index is 429. The zero-order valence-corrected chi connectivity index (χ0v) is 14.6. The Morgan fingerprint density at radius 3 is 2.35 bits per heavy atom. The van der Waals surface area contributed by atoms with Crippen LogP contribution in [-0.2, 0) is 9.59 Å². The largest absolute Gasteiger partial charge is 0.353 e. The van der Waals surface area contributed by atoms with Crippen LogP contribution in [0.4, 0.5) is 0 Å². The van der Waals surface area contributed by atoms with Crippen LogP contribution in [0.25, 0.3) is 0 Å². The quantitative estimate of drug-likeness (QED) is 0.808. The van der Waals surface area contributed by atoms with Gasteiger partial charge in [0.15, 0.2) is 0 Å². The number of carbonyl (C=O) groups excluding carboxylic acids is 2. The molecule has 1 aliphatic heterocycles. The predicted molar refractivity (Wildman–Crippen MR) is 90.9 cm³/mol. The first-order chi connectivity index (χ1) is 11.2. The van der Waals surface area contributed by atoms with Crippen molar-refractivity contribution in [3.8, 4) is 0 Å².